The number of halogens is 2. The first-order valence-electron chi connectivity index (χ1n) is 7.52. The molecule has 1 fully saturated rings. The SMILES string of the molecule is CC1CCN(CCCNCc2cc(Br)ccc2F)CC1. The van der Waals surface area contributed by atoms with Crippen molar-refractivity contribution in [3.05, 3.63) is 34.1 Å². The molecule has 1 aromatic rings. The monoisotopic (exact) mass is 342 g/mol. The molecule has 1 N–H and O–H groups in total. The fourth-order valence-electron chi connectivity index (χ4n) is 2.62. The van der Waals surface area contributed by atoms with E-state index in [1.54, 1.807) is 6.07 Å². The third kappa shape index (κ3) is 5.15. The van der Waals surface area contributed by atoms with Crippen molar-refractivity contribution in [1.82, 2.24) is 10.2 Å². The van der Waals surface area contributed by atoms with Crippen LogP contribution in [0.1, 0.15) is 31.7 Å². The maximum atomic E-state index is 13.5. The molecular formula is C16H24BrFN2. The summed E-state index contributed by atoms with van der Waals surface area (Å²) < 4.78 is 14.5. The second-order valence-corrected chi connectivity index (χ2v) is 6.71. The van der Waals surface area contributed by atoms with E-state index in [4.69, 9.17) is 0 Å². The summed E-state index contributed by atoms with van der Waals surface area (Å²) in [5.41, 5.74) is 0.728. The Morgan fingerprint density at radius 2 is 2.10 bits per heavy atom. The van der Waals surface area contributed by atoms with Gasteiger partial charge in [0.05, 0.1) is 0 Å². The molecule has 0 saturated carbocycles. The minimum absolute atomic E-state index is 0.134. The van der Waals surface area contributed by atoms with E-state index in [9.17, 15) is 4.39 Å². The summed E-state index contributed by atoms with van der Waals surface area (Å²) in [5, 5.41) is 3.33. The molecule has 1 aromatic carbocycles. The van der Waals surface area contributed by atoms with Gasteiger partial charge in [-0.15, -0.1) is 0 Å². The van der Waals surface area contributed by atoms with Crippen LogP contribution in [-0.2, 0) is 6.54 Å². The van der Waals surface area contributed by atoms with Crippen LogP contribution < -0.4 is 5.32 Å². The summed E-state index contributed by atoms with van der Waals surface area (Å²) in [6, 6.07) is 5.08. The van der Waals surface area contributed by atoms with Gasteiger partial charge in [0.15, 0.2) is 0 Å². The highest BCUT2D eigenvalue weighted by atomic mass is 79.9. The second-order valence-electron chi connectivity index (χ2n) is 5.79. The molecule has 1 heterocycles. The third-order valence-electron chi connectivity index (χ3n) is 4.03. The maximum absolute atomic E-state index is 13.5. The topological polar surface area (TPSA) is 15.3 Å². The van der Waals surface area contributed by atoms with Crippen LogP contribution in [0.5, 0.6) is 0 Å². The van der Waals surface area contributed by atoms with Crippen LogP contribution in [0.25, 0.3) is 0 Å². The van der Waals surface area contributed by atoms with Crippen molar-refractivity contribution in [2.24, 2.45) is 5.92 Å². The normalized spacial score (nSPS) is 17.6. The summed E-state index contributed by atoms with van der Waals surface area (Å²) in [4.78, 5) is 2.54. The molecule has 2 nitrogen and oxygen atoms in total. The summed E-state index contributed by atoms with van der Waals surface area (Å²) in [6.07, 6.45) is 3.79. The first kappa shape index (κ1) is 15.9. The highest BCUT2D eigenvalue weighted by molar-refractivity contribution is 9.10. The molecule has 1 aliphatic rings. The van der Waals surface area contributed by atoms with Crippen LogP contribution >= 0.6 is 15.9 Å². The summed E-state index contributed by atoms with van der Waals surface area (Å²) in [7, 11) is 0. The zero-order valence-corrected chi connectivity index (χ0v) is 13.8. The quantitative estimate of drug-likeness (QED) is 0.791. The van der Waals surface area contributed by atoms with Crippen molar-refractivity contribution < 1.29 is 4.39 Å². The van der Waals surface area contributed by atoms with Gasteiger partial charge < -0.3 is 10.2 Å². The van der Waals surface area contributed by atoms with Gasteiger partial charge in [0.2, 0.25) is 0 Å². The van der Waals surface area contributed by atoms with Gasteiger partial charge in [0.25, 0.3) is 0 Å². The van der Waals surface area contributed by atoms with Gasteiger partial charge in [-0.2, -0.15) is 0 Å². The van der Waals surface area contributed by atoms with Crippen molar-refractivity contribution >= 4 is 15.9 Å². The summed E-state index contributed by atoms with van der Waals surface area (Å²) in [6.45, 7) is 7.51. The van der Waals surface area contributed by atoms with Crippen LogP contribution in [0, 0.1) is 11.7 Å². The minimum atomic E-state index is -0.134. The Morgan fingerprint density at radius 3 is 2.85 bits per heavy atom. The highest BCUT2D eigenvalue weighted by Crippen LogP contribution is 2.16. The Hall–Kier alpha value is -0.450. The number of nitrogens with zero attached hydrogens (tertiary/aromatic N) is 1. The highest BCUT2D eigenvalue weighted by Gasteiger charge is 2.14. The molecule has 1 aliphatic heterocycles. The molecule has 0 unspecified atom stereocenters. The number of benzene rings is 1. The third-order valence-corrected chi connectivity index (χ3v) is 4.52. The van der Waals surface area contributed by atoms with Gasteiger partial charge in [-0.3, -0.25) is 0 Å². The Balaban J connectivity index is 1.61. The molecule has 112 valence electrons. The van der Waals surface area contributed by atoms with Crippen LogP contribution in [0.4, 0.5) is 4.39 Å². The molecule has 0 spiro atoms. The van der Waals surface area contributed by atoms with Crippen LogP contribution in [-0.4, -0.2) is 31.1 Å². The van der Waals surface area contributed by atoms with Crippen LogP contribution in [0.3, 0.4) is 0 Å². The zero-order valence-electron chi connectivity index (χ0n) is 12.2. The lowest BCUT2D eigenvalue weighted by Crippen LogP contribution is -2.34. The van der Waals surface area contributed by atoms with E-state index in [0.717, 1.165) is 35.5 Å². The van der Waals surface area contributed by atoms with E-state index in [1.807, 2.05) is 6.07 Å². The minimum Gasteiger partial charge on any atom is -0.313 e. The predicted molar refractivity (Wildman–Crippen MR) is 85.3 cm³/mol. The van der Waals surface area contributed by atoms with E-state index in [1.165, 1.54) is 32.0 Å². The molecule has 0 aliphatic carbocycles. The van der Waals surface area contributed by atoms with Crippen molar-refractivity contribution in [2.75, 3.05) is 26.2 Å². The van der Waals surface area contributed by atoms with Crippen LogP contribution in [0.15, 0.2) is 22.7 Å². The van der Waals surface area contributed by atoms with E-state index in [0.29, 0.717) is 6.54 Å². The first-order chi connectivity index (χ1) is 9.65. The second kappa shape index (κ2) is 8.11. The maximum Gasteiger partial charge on any atom is 0.127 e. The molecule has 1 saturated heterocycles. The van der Waals surface area contributed by atoms with Crippen molar-refractivity contribution in [2.45, 2.75) is 32.7 Å². The average Bonchev–Trinajstić information content (AvgIpc) is 2.44. The number of nitrogens with one attached hydrogen (secondary N) is 1. The zero-order chi connectivity index (χ0) is 14.4. The number of rotatable bonds is 6. The molecule has 4 heteroatoms. The van der Waals surface area contributed by atoms with Gasteiger partial charge in [-0.1, -0.05) is 22.9 Å². The van der Waals surface area contributed by atoms with Gasteiger partial charge in [0.1, 0.15) is 5.82 Å². The Labute approximate surface area is 129 Å². The van der Waals surface area contributed by atoms with E-state index < -0.39 is 0 Å². The molecule has 0 aromatic heterocycles. The average molecular weight is 343 g/mol. The van der Waals surface area contributed by atoms with Crippen molar-refractivity contribution in [1.29, 1.82) is 0 Å². The lowest BCUT2D eigenvalue weighted by Gasteiger charge is -2.30. The van der Waals surface area contributed by atoms with Gasteiger partial charge in [0, 0.05) is 16.6 Å². The van der Waals surface area contributed by atoms with Crippen LogP contribution in [0.2, 0.25) is 0 Å². The van der Waals surface area contributed by atoms with Gasteiger partial charge in [-0.05, 0) is 69.6 Å². The number of likely N-dealkylation sites (tertiary alicyclic amines) is 1. The number of piperidine rings is 1. The summed E-state index contributed by atoms with van der Waals surface area (Å²) >= 11 is 3.37. The van der Waals surface area contributed by atoms with Crippen molar-refractivity contribution in [3.8, 4) is 0 Å². The smallest absolute Gasteiger partial charge is 0.127 e. The van der Waals surface area contributed by atoms with Gasteiger partial charge in [-0.25, -0.2) is 4.39 Å². The van der Waals surface area contributed by atoms with E-state index in [2.05, 4.69) is 33.1 Å². The van der Waals surface area contributed by atoms with Crippen molar-refractivity contribution in [3.63, 3.8) is 0 Å². The molecule has 2 rings (SSSR count). The Kier molecular flexibility index (Phi) is 6.46. The Morgan fingerprint density at radius 1 is 1.35 bits per heavy atom. The lowest BCUT2D eigenvalue weighted by molar-refractivity contribution is 0.190. The number of hydrogen-bond acceptors (Lipinski definition) is 2. The fraction of sp³-hybridized carbons (Fsp3) is 0.625. The van der Waals surface area contributed by atoms with E-state index in [-0.39, 0.29) is 5.82 Å². The molecule has 0 bridgehead atoms. The molecule has 20 heavy (non-hydrogen) atoms. The lowest BCUT2D eigenvalue weighted by atomic mass is 9.99. The largest absolute Gasteiger partial charge is 0.313 e. The molecule has 0 atom stereocenters. The molecule has 0 amide bonds. The molecule has 0 radical (unpaired) electrons. The van der Waals surface area contributed by atoms with E-state index >= 15 is 0 Å². The predicted octanol–water partition coefficient (Wildman–Crippen LogP) is 3.80. The number of hydrogen-bond donors (Lipinski definition) is 1. The van der Waals surface area contributed by atoms with Gasteiger partial charge >= 0.3 is 0 Å². The standard InChI is InChI=1S/C16H24BrFN2/c1-13-5-9-20(10-6-13)8-2-7-19-12-14-11-15(17)3-4-16(14)18/h3-4,11,13,19H,2,5-10,12H2,1H3. The fourth-order valence-corrected chi connectivity index (χ4v) is 3.02. The first-order valence-corrected chi connectivity index (χ1v) is 8.31. The Bertz CT molecular complexity index is 417. The summed E-state index contributed by atoms with van der Waals surface area (Å²) in [5.74, 6) is 0.759. The molecular weight excluding hydrogens is 319 g/mol.